The zero-order valence-electron chi connectivity index (χ0n) is 15.1. The van der Waals surface area contributed by atoms with Gasteiger partial charge in [-0.3, -0.25) is 0 Å². The Kier molecular flexibility index (Phi) is 4.70. The van der Waals surface area contributed by atoms with E-state index in [4.69, 9.17) is 14.2 Å². The summed E-state index contributed by atoms with van der Waals surface area (Å²) in [6.45, 7) is 6.72. The van der Waals surface area contributed by atoms with Gasteiger partial charge in [0.1, 0.15) is 17.5 Å². The predicted octanol–water partition coefficient (Wildman–Crippen LogP) is 3.63. The minimum atomic E-state index is -0.494. The lowest BCUT2D eigenvalue weighted by Gasteiger charge is -2.24. The number of aromatic nitrogens is 1. The number of carbonyl (C=O) groups excluding carboxylic acids is 1. The third kappa shape index (κ3) is 4.13. The van der Waals surface area contributed by atoms with Crippen LogP contribution < -0.4 is 9.47 Å². The van der Waals surface area contributed by atoms with E-state index in [2.05, 4.69) is 4.98 Å². The number of fused-ring (bicyclic) bond motifs is 1. The summed E-state index contributed by atoms with van der Waals surface area (Å²) in [5.41, 5.74) is -0.494. The molecule has 1 aromatic heterocycles. The second-order valence-electron chi connectivity index (χ2n) is 7.16. The molecule has 134 valence electrons. The molecule has 2 heterocycles. The maximum absolute atomic E-state index is 12.2. The molecule has 1 aliphatic rings. The highest BCUT2D eigenvalue weighted by Gasteiger charge is 2.31. The number of pyridine rings is 1. The molecule has 1 saturated heterocycles. The van der Waals surface area contributed by atoms with Gasteiger partial charge in [-0.25, -0.2) is 9.78 Å². The first kappa shape index (κ1) is 17.3. The number of amides is 1. The van der Waals surface area contributed by atoms with Crippen LogP contribution in [0.4, 0.5) is 4.79 Å². The third-order valence-electron chi connectivity index (χ3n) is 4.01. The first-order valence-corrected chi connectivity index (χ1v) is 8.43. The van der Waals surface area contributed by atoms with E-state index >= 15 is 0 Å². The van der Waals surface area contributed by atoms with Crippen LogP contribution in [0.1, 0.15) is 27.2 Å². The Bertz CT molecular complexity index is 770. The number of benzene rings is 1. The van der Waals surface area contributed by atoms with E-state index in [-0.39, 0.29) is 12.2 Å². The first-order chi connectivity index (χ1) is 11.9. The topological polar surface area (TPSA) is 60.9 Å². The standard InChI is InChI=1S/C19H24N2O4/c1-19(2,3)25-18(22)21-10-8-15(12-21)24-17-16-6-5-14(23-4)11-13(16)7-9-20-17/h5-7,9,11,15H,8,10,12H2,1-4H3. The smallest absolute Gasteiger partial charge is 0.410 e. The van der Waals surface area contributed by atoms with Gasteiger partial charge in [0.15, 0.2) is 0 Å². The number of carbonyl (C=O) groups is 1. The van der Waals surface area contributed by atoms with Gasteiger partial charge in [-0.05, 0) is 50.4 Å². The molecular weight excluding hydrogens is 320 g/mol. The van der Waals surface area contributed by atoms with Crippen LogP contribution in [0.3, 0.4) is 0 Å². The molecule has 1 amide bonds. The molecule has 0 saturated carbocycles. The zero-order valence-corrected chi connectivity index (χ0v) is 15.1. The molecule has 3 rings (SSSR count). The quantitative estimate of drug-likeness (QED) is 0.851. The van der Waals surface area contributed by atoms with E-state index in [0.717, 1.165) is 22.9 Å². The van der Waals surface area contributed by atoms with Crippen molar-refractivity contribution in [2.45, 2.75) is 38.9 Å². The fourth-order valence-corrected chi connectivity index (χ4v) is 2.82. The molecule has 2 aromatic rings. The van der Waals surface area contributed by atoms with Crippen LogP contribution in [0.2, 0.25) is 0 Å². The molecule has 0 bridgehead atoms. The lowest BCUT2D eigenvalue weighted by Crippen LogP contribution is -2.36. The maximum atomic E-state index is 12.2. The van der Waals surface area contributed by atoms with Crippen molar-refractivity contribution in [3.8, 4) is 11.6 Å². The largest absolute Gasteiger partial charge is 0.497 e. The van der Waals surface area contributed by atoms with Crippen molar-refractivity contribution in [1.82, 2.24) is 9.88 Å². The molecule has 6 nitrogen and oxygen atoms in total. The molecule has 1 unspecified atom stereocenters. The predicted molar refractivity (Wildman–Crippen MR) is 95.1 cm³/mol. The molecule has 25 heavy (non-hydrogen) atoms. The molecule has 1 aliphatic heterocycles. The van der Waals surface area contributed by atoms with E-state index < -0.39 is 5.60 Å². The minimum Gasteiger partial charge on any atom is -0.497 e. The SMILES string of the molecule is COc1ccc2c(OC3CCN(C(=O)OC(C)(C)C)C3)nccc2c1. The summed E-state index contributed by atoms with van der Waals surface area (Å²) in [7, 11) is 1.64. The first-order valence-electron chi connectivity index (χ1n) is 8.43. The summed E-state index contributed by atoms with van der Waals surface area (Å²) in [4.78, 5) is 18.2. The van der Waals surface area contributed by atoms with Crippen LogP contribution in [0.5, 0.6) is 11.6 Å². The number of nitrogens with zero attached hydrogens (tertiary/aromatic N) is 2. The normalized spacial score (nSPS) is 17.6. The van der Waals surface area contributed by atoms with E-state index in [1.54, 1.807) is 18.2 Å². The molecule has 0 aliphatic carbocycles. The van der Waals surface area contributed by atoms with Gasteiger partial charge in [0.2, 0.25) is 5.88 Å². The van der Waals surface area contributed by atoms with Crippen LogP contribution in [-0.2, 0) is 4.74 Å². The van der Waals surface area contributed by atoms with Crippen molar-refractivity contribution >= 4 is 16.9 Å². The van der Waals surface area contributed by atoms with Crippen molar-refractivity contribution in [2.75, 3.05) is 20.2 Å². The zero-order chi connectivity index (χ0) is 18.0. The van der Waals surface area contributed by atoms with Crippen molar-refractivity contribution in [2.24, 2.45) is 0 Å². The van der Waals surface area contributed by atoms with Crippen LogP contribution in [0.15, 0.2) is 30.5 Å². The molecule has 0 spiro atoms. The van der Waals surface area contributed by atoms with Gasteiger partial charge in [0.25, 0.3) is 0 Å². The lowest BCUT2D eigenvalue weighted by atomic mass is 10.1. The molecule has 0 N–H and O–H groups in total. The van der Waals surface area contributed by atoms with E-state index in [0.29, 0.717) is 19.0 Å². The number of methoxy groups -OCH3 is 1. The molecule has 1 aromatic carbocycles. The van der Waals surface area contributed by atoms with Gasteiger partial charge in [0, 0.05) is 24.5 Å². The van der Waals surface area contributed by atoms with Crippen LogP contribution in [0.25, 0.3) is 10.8 Å². The highest BCUT2D eigenvalue weighted by molar-refractivity contribution is 5.87. The highest BCUT2D eigenvalue weighted by Crippen LogP contribution is 2.28. The van der Waals surface area contributed by atoms with Crippen LogP contribution in [-0.4, -0.2) is 47.9 Å². The molecule has 1 atom stereocenters. The second kappa shape index (κ2) is 6.78. The van der Waals surface area contributed by atoms with E-state index in [1.165, 1.54) is 0 Å². The van der Waals surface area contributed by atoms with Crippen molar-refractivity contribution < 1.29 is 19.0 Å². The Morgan fingerprint density at radius 3 is 2.80 bits per heavy atom. The number of hydrogen-bond acceptors (Lipinski definition) is 5. The third-order valence-corrected chi connectivity index (χ3v) is 4.01. The molecule has 6 heteroatoms. The number of likely N-dealkylation sites (tertiary alicyclic amines) is 1. The number of rotatable bonds is 3. The Morgan fingerprint density at radius 1 is 1.28 bits per heavy atom. The number of ether oxygens (including phenoxy) is 3. The van der Waals surface area contributed by atoms with Crippen molar-refractivity contribution in [1.29, 1.82) is 0 Å². The monoisotopic (exact) mass is 344 g/mol. The Hall–Kier alpha value is -2.50. The van der Waals surface area contributed by atoms with Gasteiger partial charge in [0.05, 0.1) is 13.7 Å². The lowest BCUT2D eigenvalue weighted by molar-refractivity contribution is 0.0275. The number of hydrogen-bond donors (Lipinski definition) is 0. The summed E-state index contributed by atoms with van der Waals surface area (Å²) in [6.07, 6.45) is 2.09. The highest BCUT2D eigenvalue weighted by atomic mass is 16.6. The van der Waals surface area contributed by atoms with Crippen molar-refractivity contribution in [3.63, 3.8) is 0 Å². The Morgan fingerprint density at radius 2 is 2.08 bits per heavy atom. The average Bonchev–Trinajstić information content (AvgIpc) is 3.02. The second-order valence-corrected chi connectivity index (χ2v) is 7.16. The van der Waals surface area contributed by atoms with Crippen LogP contribution >= 0.6 is 0 Å². The minimum absolute atomic E-state index is 0.0901. The summed E-state index contributed by atoms with van der Waals surface area (Å²) in [5.74, 6) is 1.37. The van der Waals surface area contributed by atoms with Gasteiger partial charge >= 0.3 is 6.09 Å². The van der Waals surface area contributed by atoms with Gasteiger partial charge in [-0.2, -0.15) is 0 Å². The fourth-order valence-electron chi connectivity index (χ4n) is 2.82. The van der Waals surface area contributed by atoms with Crippen molar-refractivity contribution in [3.05, 3.63) is 30.5 Å². The summed E-state index contributed by atoms with van der Waals surface area (Å²) in [5, 5.41) is 1.94. The van der Waals surface area contributed by atoms with Gasteiger partial charge in [-0.1, -0.05) is 0 Å². The van der Waals surface area contributed by atoms with E-state index in [1.807, 2.05) is 45.0 Å². The summed E-state index contributed by atoms with van der Waals surface area (Å²) in [6, 6.07) is 7.70. The van der Waals surface area contributed by atoms with E-state index in [9.17, 15) is 4.79 Å². The summed E-state index contributed by atoms with van der Waals surface area (Å²) >= 11 is 0. The summed E-state index contributed by atoms with van der Waals surface area (Å²) < 4.78 is 16.7. The van der Waals surface area contributed by atoms with Gasteiger partial charge in [-0.15, -0.1) is 0 Å². The fraction of sp³-hybridized carbons (Fsp3) is 0.474. The maximum Gasteiger partial charge on any atom is 0.410 e. The Balaban J connectivity index is 1.69. The molecule has 1 fully saturated rings. The van der Waals surface area contributed by atoms with Gasteiger partial charge < -0.3 is 19.1 Å². The molecule has 0 radical (unpaired) electrons. The molecular formula is C19H24N2O4. The van der Waals surface area contributed by atoms with Crippen LogP contribution in [0, 0.1) is 0 Å². The Labute approximate surface area is 147 Å². The average molecular weight is 344 g/mol.